The highest BCUT2D eigenvalue weighted by molar-refractivity contribution is 7.80. The molecule has 1 aromatic carbocycles. The van der Waals surface area contributed by atoms with Gasteiger partial charge in [0.15, 0.2) is 5.11 Å². The predicted octanol–water partition coefficient (Wildman–Crippen LogP) is 1.92. The van der Waals surface area contributed by atoms with Crippen molar-refractivity contribution >= 4 is 40.2 Å². The van der Waals surface area contributed by atoms with E-state index >= 15 is 0 Å². The highest BCUT2D eigenvalue weighted by Crippen LogP contribution is 2.16. The summed E-state index contributed by atoms with van der Waals surface area (Å²) in [5, 5.41) is 4.42. The number of carbonyl (C=O) groups excluding carboxylic acids is 1. The third-order valence-electron chi connectivity index (χ3n) is 3.89. The summed E-state index contributed by atoms with van der Waals surface area (Å²) in [6, 6.07) is 9.71. The van der Waals surface area contributed by atoms with Crippen LogP contribution in [0.4, 0.5) is 0 Å². The lowest BCUT2D eigenvalue weighted by Gasteiger charge is -2.13. The molecule has 1 saturated heterocycles. The number of hydrogen-bond donors (Lipinski definition) is 3. The molecule has 0 saturated carbocycles. The van der Waals surface area contributed by atoms with Crippen molar-refractivity contribution in [3.8, 4) is 0 Å². The Hall–Kier alpha value is -2.51. The van der Waals surface area contributed by atoms with Crippen LogP contribution in [0, 0.1) is 0 Å². The van der Waals surface area contributed by atoms with Crippen molar-refractivity contribution in [1.82, 2.24) is 21.2 Å². The number of aromatic nitrogens is 1. The zero-order chi connectivity index (χ0) is 17.5. The number of pyridine rings is 1. The molecule has 3 rings (SSSR count). The lowest BCUT2D eigenvalue weighted by molar-refractivity contribution is -0.116. The number of rotatable bonds is 4. The molecule has 2 aromatic rings. The summed E-state index contributed by atoms with van der Waals surface area (Å²) in [4.78, 5) is 16.3. The molecule has 1 aromatic heterocycles. The summed E-state index contributed by atoms with van der Waals surface area (Å²) < 4.78 is 5.50. The average Bonchev–Trinajstić information content (AvgIpc) is 3.16. The first-order chi connectivity index (χ1) is 12.2. The zero-order valence-electron chi connectivity index (χ0n) is 13.7. The van der Waals surface area contributed by atoms with E-state index < -0.39 is 0 Å². The molecule has 7 heteroatoms. The largest absolute Gasteiger partial charge is 0.376 e. The summed E-state index contributed by atoms with van der Waals surface area (Å²) in [6.45, 7) is 1.44. The zero-order valence-corrected chi connectivity index (χ0v) is 14.5. The van der Waals surface area contributed by atoms with E-state index in [0.29, 0.717) is 11.7 Å². The van der Waals surface area contributed by atoms with E-state index in [4.69, 9.17) is 17.0 Å². The molecule has 0 aliphatic carbocycles. The molecule has 0 spiro atoms. The number of carbonyl (C=O) groups is 1. The third kappa shape index (κ3) is 4.98. The fraction of sp³-hybridized carbons (Fsp3) is 0.278. The van der Waals surface area contributed by atoms with E-state index in [2.05, 4.69) is 21.2 Å². The second kappa shape index (κ2) is 8.55. The van der Waals surface area contributed by atoms with Crippen molar-refractivity contribution in [2.45, 2.75) is 18.9 Å². The van der Waals surface area contributed by atoms with Crippen molar-refractivity contribution in [3.63, 3.8) is 0 Å². The Kier molecular flexibility index (Phi) is 5.92. The molecular formula is C18H20N4O2S. The Balaban J connectivity index is 1.48. The molecule has 6 nitrogen and oxygen atoms in total. The minimum atomic E-state index is -0.297. The summed E-state index contributed by atoms with van der Waals surface area (Å²) >= 11 is 5.12. The molecule has 25 heavy (non-hydrogen) atoms. The van der Waals surface area contributed by atoms with E-state index in [1.165, 1.54) is 6.08 Å². The van der Waals surface area contributed by atoms with Gasteiger partial charge in [0.05, 0.1) is 11.6 Å². The molecule has 1 unspecified atom stereocenters. The Labute approximate surface area is 151 Å². The van der Waals surface area contributed by atoms with Crippen molar-refractivity contribution in [2.24, 2.45) is 0 Å². The molecule has 2 heterocycles. The number of para-hydroxylation sites is 1. The number of hydrazine groups is 1. The predicted molar refractivity (Wildman–Crippen MR) is 102 cm³/mol. The van der Waals surface area contributed by atoms with Gasteiger partial charge in [0.1, 0.15) is 0 Å². The monoisotopic (exact) mass is 356 g/mol. The van der Waals surface area contributed by atoms with Gasteiger partial charge < -0.3 is 10.1 Å². The lowest BCUT2D eigenvalue weighted by Crippen LogP contribution is -2.47. The molecule has 1 aliphatic heterocycles. The molecule has 1 fully saturated rings. The van der Waals surface area contributed by atoms with E-state index in [1.807, 2.05) is 30.3 Å². The molecule has 1 aliphatic rings. The fourth-order valence-electron chi connectivity index (χ4n) is 2.64. The quantitative estimate of drug-likeness (QED) is 0.442. The number of nitrogens with zero attached hydrogens (tertiary/aromatic N) is 1. The summed E-state index contributed by atoms with van der Waals surface area (Å²) in [6.07, 6.45) is 7.21. The highest BCUT2D eigenvalue weighted by atomic mass is 32.1. The Morgan fingerprint density at radius 1 is 1.32 bits per heavy atom. The summed E-state index contributed by atoms with van der Waals surface area (Å²) in [5.41, 5.74) is 6.95. The number of hydrogen-bond acceptors (Lipinski definition) is 4. The Bertz CT molecular complexity index is 782. The second-order valence-corrected chi connectivity index (χ2v) is 6.12. The van der Waals surface area contributed by atoms with Gasteiger partial charge in [-0.05, 0) is 37.2 Å². The van der Waals surface area contributed by atoms with Gasteiger partial charge in [0.25, 0.3) is 5.91 Å². The maximum atomic E-state index is 11.9. The van der Waals surface area contributed by atoms with Gasteiger partial charge >= 0.3 is 0 Å². The van der Waals surface area contributed by atoms with Crippen LogP contribution in [0.1, 0.15) is 18.4 Å². The van der Waals surface area contributed by atoms with Gasteiger partial charge in [-0.3, -0.25) is 20.6 Å². The maximum absolute atomic E-state index is 11.9. The van der Waals surface area contributed by atoms with Gasteiger partial charge in [0, 0.05) is 36.4 Å². The number of ether oxygens (including phenoxy) is 1. The maximum Gasteiger partial charge on any atom is 0.262 e. The van der Waals surface area contributed by atoms with E-state index in [-0.39, 0.29) is 12.0 Å². The van der Waals surface area contributed by atoms with Crippen LogP contribution in [0.15, 0.2) is 42.6 Å². The molecule has 0 radical (unpaired) electrons. The minimum Gasteiger partial charge on any atom is -0.376 e. The van der Waals surface area contributed by atoms with Crippen LogP contribution in [0.3, 0.4) is 0 Å². The van der Waals surface area contributed by atoms with Crippen LogP contribution >= 0.6 is 12.2 Å². The van der Waals surface area contributed by atoms with Crippen LogP contribution in [0.5, 0.6) is 0 Å². The van der Waals surface area contributed by atoms with E-state index in [9.17, 15) is 4.79 Å². The lowest BCUT2D eigenvalue weighted by atomic mass is 10.1. The average molecular weight is 356 g/mol. The van der Waals surface area contributed by atoms with E-state index in [0.717, 1.165) is 35.9 Å². The Morgan fingerprint density at radius 2 is 2.20 bits per heavy atom. The molecule has 1 amide bonds. The van der Waals surface area contributed by atoms with Crippen molar-refractivity contribution in [3.05, 3.63) is 48.2 Å². The smallest absolute Gasteiger partial charge is 0.262 e. The second-order valence-electron chi connectivity index (χ2n) is 5.71. The van der Waals surface area contributed by atoms with Crippen LogP contribution in [0.25, 0.3) is 17.0 Å². The first kappa shape index (κ1) is 17.3. The third-order valence-corrected chi connectivity index (χ3v) is 4.14. The highest BCUT2D eigenvalue weighted by Gasteiger charge is 2.15. The number of nitrogens with one attached hydrogen (secondary N) is 3. The number of amides is 1. The standard InChI is InChI=1S/C18H20N4O2S/c23-16(21-22-18(25)20-12-15-7-3-11-24-15)9-8-14-5-1-4-13-6-2-10-19-17(13)14/h1-2,4-6,8-10,15H,3,7,11-12H2,(H,21,23)(H2,20,22,25)/b9-8+. The summed E-state index contributed by atoms with van der Waals surface area (Å²) in [5.74, 6) is -0.297. The molecule has 0 bridgehead atoms. The van der Waals surface area contributed by atoms with E-state index in [1.54, 1.807) is 12.3 Å². The van der Waals surface area contributed by atoms with Crippen LogP contribution in [-0.2, 0) is 9.53 Å². The van der Waals surface area contributed by atoms with Crippen LogP contribution < -0.4 is 16.2 Å². The van der Waals surface area contributed by atoms with Gasteiger partial charge in [-0.1, -0.05) is 24.3 Å². The summed E-state index contributed by atoms with van der Waals surface area (Å²) in [7, 11) is 0. The van der Waals surface area contributed by atoms with Crippen LogP contribution in [-0.4, -0.2) is 35.3 Å². The molecule has 130 valence electrons. The minimum absolute atomic E-state index is 0.189. The normalized spacial score (nSPS) is 16.9. The van der Waals surface area contributed by atoms with Crippen molar-refractivity contribution < 1.29 is 9.53 Å². The van der Waals surface area contributed by atoms with Crippen LogP contribution in [0.2, 0.25) is 0 Å². The van der Waals surface area contributed by atoms with Gasteiger partial charge in [-0.25, -0.2) is 0 Å². The first-order valence-electron chi connectivity index (χ1n) is 8.19. The number of thiocarbonyl (C=S) groups is 1. The SMILES string of the molecule is O=C(/C=C/c1cccc2cccnc12)NNC(=S)NCC1CCCO1. The molecule has 3 N–H and O–H groups in total. The fourth-order valence-corrected chi connectivity index (χ4v) is 2.78. The van der Waals surface area contributed by atoms with Gasteiger partial charge in [-0.15, -0.1) is 0 Å². The first-order valence-corrected chi connectivity index (χ1v) is 8.60. The number of fused-ring (bicyclic) bond motifs is 1. The van der Waals surface area contributed by atoms with Gasteiger partial charge in [0.2, 0.25) is 0 Å². The number of benzene rings is 1. The molecular weight excluding hydrogens is 336 g/mol. The topological polar surface area (TPSA) is 75.3 Å². The van der Waals surface area contributed by atoms with Crippen molar-refractivity contribution in [2.75, 3.05) is 13.2 Å². The van der Waals surface area contributed by atoms with Gasteiger partial charge in [-0.2, -0.15) is 0 Å². The van der Waals surface area contributed by atoms with Crippen molar-refractivity contribution in [1.29, 1.82) is 0 Å². The molecule has 1 atom stereocenters. The Morgan fingerprint density at radius 3 is 3.04 bits per heavy atom.